The van der Waals surface area contributed by atoms with E-state index >= 15 is 0 Å². The minimum atomic E-state index is -3.62. The Morgan fingerprint density at radius 3 is 2.23 bits per heavy atom. The Balaban J connectivity index is 1.93. The zero-order valence-corrected chi connectivity index (χ0v) is 15.3. The number of aliphatic hydroxyl groups is 1. The van der Waals surface area contributed by atoms with Gasteiger partial charge in [0.15, 0.2) is 15.6 Å². The number of sulfone groups is 1. The summed E-state index contributed by atoms with van der Waals surface area (Å²) in [5, 5.41) is 8.29. The summed E-state index contributed by atoms with van der Waals surface area (Å²) in [6, 6.07) is 17.2. The second-order valence-electron chi connectivity index (χ2n) is 6.57. The monoisotopic (exact) mass is 373 g/mol. The van der Waals surface area contributed by atoms with Crippen LogP contribution >= 0.6 is 0 Å². The average Bonchev–Trinajstić information content (AvgIpc) is 3.12. The van der Waals surface area contributed by atoms with Crippen molar-refractivity contribution < 1.29 is 18.3 Å². The Morgan fingerprint density at radius 1 is 1.00 bits per heavy atom. The maximum Gasteiger partial charge on any atom is 0.183 e. The highest BCUT2D eigenvalue weighted by molar-refractivity contribution is 7.92. The number of carbonyl (C=O) groups excluding carboxylic acids is 1. The molecule has 1 saturated heterocycles. The predicted molar refractivity (Wildman–Crippen MR) is 99.8 cm³/mol. The first-order valence-corrected chi connectivity index (χ1v) is 10.3. The number of aliphatic hydroxyl groups excluding tert-OH is 1. The lowest BCUT2D eigenvalue weighted by molar-refractivity contribution is 0.0923. The third kappa shape index (κ3) is 3.87. The fourth-order valence-electron chi connectivity index (χ4n) is 3.50. The number of Topliss-reactive ketones (excluding diaryl/α,β-unsaturated/α-hetero) is 1. The van der Waals surface area contributed by atoms with Gasteiger partial charge in [-0.05, 0) is 18.6 Å². The van der Waals surface area contributed by atoms with Crippen LogP contribution in [0.15, 0.2) is 65.6 Å². The number of hydrogen-bond donors (Lipinski definition) is 1. The van der Waals surface area contributed by atoms with Crippen LogP contribution in [-0.2, 0) is 9.84 Å². The van der Waals surface area contributed by atoms with Crippen LogP contribution in [0, 0.1) is 5.92 Å². The lowest BCUT2D eigenvalue weighted by Crippen LogP contribution is -2.34. The summed E-state index contributed by atoms with van der Waals surface area (Å²) in [5.41, 5.74) is 0.537. The summed E-state index contributed by atoms with van der Waals surface area (Å²) in [6.07, 6.45) is 0.560. The van der Waals surface area contributed by atoms with E-state index in [1.165, 1.54) is 0 Å². The molecule has 26 heavy (non-hydrogen) atoms. The molecule has 0 aliphatic carbocycles. The maximum absolute atomic E-state index is 13.2. The molecule has 0 aromatic heterocycles. The van der Waals surface area contributed by atoms with Gasteiger partial charge in [-0.1, -0.05) is 48.5 Å². The molecule has 5 nitrogen and oxygen atoms in total. The lowest BCUT2D eigenvalue weighted by Gasteiger charge is -2.18. The zero-order valence-electron chi connectivity index (χ0n) is 14.5. The fourth-order valence-corrected chi connectivity index (χ4v) is 5.43. The third-order valence-corrected chi connectivity index (χ3v) is 7.04. The van der Waals surface area contributed by atoms with Gasteiger partial charge in [-0.25, -0.2) is 8.42 Å². The van der Waals surface area contributed by atoms with Gasteiger partial charge in [0, 0.05) is 31.8 Å². The molecule has 0 bridgehead atoms. The van der Waals surface area contributed by atoms with Crippen LogP contribution in [0.25, 0.3) is 0 Å². The van der Waals surface area contributed by atoms with E-state index in [9.17, 15) is 13.2 Å². The number of ketones is 1. The summed E-state index contributed by atoms with van der Waals surface area (Å²) in [7, 11) is -3.62. The van der Waals surface area contributed by atoms with Crippen LogP contribution in [-0.4, -0.2) is 55.7 Å². The molecular formula is C20H23NO4S. The largest absolute Gasteiger partial charge is 0.396 e. The highest BCUT2D eigenvalue weighted by atomic mass is 32.2. The molecule has 138 valence electrons. The molecule has 3 rings (SSSR count). The van der Waals surface area contributed by atoms with Crippen LogP contribution in [0.1, 0.15) is 16.8 Å². The van der Waals surface area contributed by atoms with Gasteiger partial charge in [-0.3, -0.25) is 4.79 Å². The van der Waals surface area contributed by atoms with Crippen LogP contribution in [0.4, 0.5) is 0 Å². The van der Waals surface area contributed by atoms with Crippen LogP contribution < -0.4 is 0 Å². The smallest absolute Gasteiger partial charge is 0.183 e. The van der Waals surface area contributed by atoms with Crippen molar-refractivity contribution in [3.05, 3.63) is 66.2 Å². The SMILES string of the molecule is O=C(c1ccccc1)[C@@H]1CN(CCCO)C[C@H]1S(=O)(=O)c1ccccc1. The van der Waals surface area contributed by atoms with Crippen molar-refractivity contribution in [2.24, 2.45) is 5.92 Å². The Hall–Kier alpha value is -2.02. The predicted octanol–water partition coefficient (Wildman–Crippen LogP) is 2.03. The number of carbonyl (C=O) groups is 1. The molecule has 0 radical (unpaired) electrons. The summed E-state index contributed by atoms with van der Waals surface area (Å²) in [5.74, 6) is -0.747. The van der Waals surface area contributed by atoms with Crippen molar-refractivity contribution in [1.29, 1.82) is 0 Å². The maximum atomic E-state index is 13.2. The quantitative estimate of drug-likeness (QED) is 0.752. The molecule has 0 saturated carbocycles. The second kappa shape index (κ2) is 8.12. The van der Waals surface area contributed by atoms with Gasteiger partial charge >= 0.3 is 0 Å². The molecule has 1 fully saturated rings. The summed E-state index contributed by atoms with van der Waals surface area (Å²) >= 11 is 0. The number of likely N-dealkylation sites (tertiary alicyclic amines) is 1. The molecule has 2 aromatic rings. The molecule has 6 heteroatoms. The van der Waals surface area contributed by atoms with E-state index in [1.54, 1.807) is 54.6 Å². The average molecular weight is 373 g/mol. The minimum absolute atomic E-state index is 0.0455. The molecule has 1 N–H and O–H groups in total. The first-order valence-electron chi connectivity index (χ1n) is 8.75. The molecule has 1 aliphatic heterocycles. The molecule has 2 aromatic carbocycles. The van der Waals surface area contributed by atoms with Crippen LogP contribution in [0.3, 0.4) is 0 Å². The van der Waals surface area contributed by atoms with Crippen molar-refractivity contribution in [2.75, 3.05) is 26.2 Å². The first kappa shape index (κ1) is 18.8. The second-order valence-corrected chi connectivity index (χ2v) is 8.74. The van der Waals surface area contributed by atoms with E-state index in [0.717, 1.165) is 0 Å². The van der Waals surface area contributed by atoms with Gasteiger partial charge < -0.3 is 10.0 Å². The number of hydrogen-bond acceptors (Lipinski definition) is 5. The molecule has 2 atom stereocenters. The first-order chi connectivity index (χ1) is 12.5. The van der Waals surface area contributed by atoms with Crippen molar-refractivity contribution in [2.45, 2.75) is 16.6 Å². The molecule has 1 aliphatic rings. The summed E-state index contributed by atoms with van der Waals surface area (Å²) in [6.45, 7) is 1.32. The highest BCUT2D eigenvalue weighted by Crippen LogP contribution is 2.31. The lowest BCUT2D eigenvalue weighted by atomic mass is 9.96. The zero-order chi connectivity index (χ0) is 18.6. The topological polar surface area (TPSA) is 74.7 Å². The minimum Gasteiger partial charge on any atom is -0.396 e. The summed E-state index contributed by atoms with van der Waals surface area (Å²) < 4.78 is 26.3. The van der Waals surface area contributed by atoms with E-state index in [1.807, 2.05) is 11.0 Å². The standard InChI is InChI=1S/C20H23NO4S/c22-13-7-12-21-14-18(20(23)16-8-3-1-4-9-16)19(15-21)26(24,25)17-10-5-2-6-11-17/h1-6,8-11,18-19,22H,7,12-15H2/t18-,19-/m1/s1. The molecule has 1 heterocycles. The Labute approximate surface area is 154 Å². The number of benzene rings is 2. The summed E-state index contributed by atoms with van der Waals surface area (Å²) in [4.78, 5) is 15.2. The van der Waals surface area contributed by atoms with Gasteiger partial charge in [0.1, 0.15) is 0 Å². The van der Waals surface area contributed by atoms with E-state index in [2.05, 4.69) is 0 Å². The number of nitrogens with zero attached hydrogens (tertiary/aromatic N) is 1. The van der Waals surface area contributed by atoms with Crippen molar-refractivity contribution in [3.8, 4) is 0 Å². The van der Waals surface area contributed by atoms with Gasteiger partial charge in [-0.15, -0.1) is 0 Å². The van der Waals surface area contributed by atoms with Crippen LogP contribution in [0.2, 0.25) is 0 Å². The fraction of sp³-hybridized carbons (Fsp3) is 0.350. The van der Waals surface area contributed by atoms with E-state index in [0.29, 0.717) is 31.6 Å². The molecule has 0 amide bonds. The van der Waals surface area contributed by atoms with Gasteiger partial charge in [0.05, 0.1) is 16.1 Å². The molecule has 0 unspecified atom stereocenters. The van der Waals surface area contributed by atoms with Gasteiger partial charge in [0.25, 0.3) is 0 Å². The Morgan fingerprint density at radius 2 is 1.62 bits per heavy atom. The normalized spacial score (nSPS) is 21.0. The van der Waals surface area contributed by atoms with Crippen LogP contribution in [0.5, 0.6) is 0 Å². The Kier molecular flexibility index (Phi) is 5.86. The van der Waals surface area contributed by atoms with E-state index in [4.69, 9.17) is 5.11 Å². The van der Waals surface area contributed by atoms with Gasteiger partial charge in [0.2, 0.25) is 0 Å². The van der Waals surface area contributed by atoms with Gasteiger partial charge in [-0.2, -0.15) is 0 Å². The van der Waals surface area contributed by atoms with E-state index in [-0.39, 0.29) is 17.3 Å². The van der Waals surface area contributed by atoms with Crippen molar-refractivity contribution in [1.82, 2.24) is 4.90 Å². The molecular weight excluding hydrogens is 350 g/mol. The highest BCUT2D eigenvalue weighted by Gasteiger charge is 2.45. The third-order valence-electron chi connectivity index (χ3n) is 4.84. The molecule has 0 spiro atoms. The van der Waals surface area contributed by atoms with Crippen molar-refractivity contribution >= 4 is 15.6 Å². The van der Waals surface area contributed by atoms with Crippen molar-refractivity contribution in [3.63, 3.8) is 0 Å². The van der Waals surface area contributed by atoms with E-state index < -0.39 is 21.0 Å². The Bertz CT molecular complexity index is 837. The number of rotatable bonds is 7.